The van der Waals surface area contributed by atoms with Gasteiger partial charge in [-0.05, 0) is 25.7 Å². The van der Waals surface area contributed by atoms with E-state index < -0.39 is 18.0 Å². The molecule has 0 aromatic rings. The Hall–Kier alpha value is -1.10. The summed E-state index contributed by atoms with van der Waals surface area (Å²) in [6, 6.07) is 0. The van der Waals surface area contributed by atoms with Crippen LogP contribution in [0.4, 0.5) is 0 Å². The van der Waals surface area contributed by atoms with Crippen LogP contribution >= 0.6 is 0 Å². The minimum atomic E-state index is -0.816. The lowest BCUT2D eigenvalue weighted by Gasteiger charge is -2.36. The minimum Gasteiger partial charge on any atom is -0.481 e. The van der Waals surface area contributed by atoms with Crippen molar-refractivity contribution in [1.82, 2.24) is 4.90 Å². The van der Waals surface area contributed by atoms with E-state index in [0.29, 0.717) is 26.1 Å². The van der Waals surface area contributed by atoms with Crippen molar-refractivity contribution < 1.29 is 19.4 Å². The number of carboxylic acids is 1. The number of hydrogen-bond acceptors (Lipinski definition) is 3. The maximum Gasteiger partial charge on any atom is 0.308 e. The first kappa shape index (κ1) is 16.0. The van der Waals surface area contributed by atoms with Gasteiger partial charge in [0.1, 0.15) is 6.10 Å². The summed E-state index contributed by atoms with van der Waals surface area (Å²) in [5.41, 5.74) is 0. The molecule has 3 atom stereocenters. The van der Waals surface area contributed by atoms with Crippen LogP contribution in [0.3, 0.4) is 0 Å². The summed E-state index contributed by atoms with van der Waals surface area (Å²) >= 11 is 0. The minimum absolute atomic E-state index is 0.0890. The second-order valence-corrected chi connectivity index (χ2v) is 5.49. The lowest BCUT2D eigenvalue weighted by molar-refractivity contribution is -0.151. The molecule has 0 aromatic carbocycles. The molecule has 1 amide bonds. The van der Waals surface area contributed by atoms with Crippen molar-refractivity contribution >= 4 is 11.9 Å². The summed E-state index contributed by atoms with van der Waals surface area (Å²) in [4.78, 5) is 24.9. The molecular formula is C14H25NO4. The fourth-order valence-electron chi connectivity index (χ4n) is 2.44. The molecule has 1 heterocycles. The molecule has 1 aliphatic heterocycles. The quantitative estimate of drug-likeness (QED) is 0.748. The zero-order chi connectivity index (χ0) is 14.4. The lowest BCUT2D eigenvalue weighted by Crippen LogP contribution is -2.49. The molecule has 1 N–H and O–H groups in total. The summed E-state index contributed by atoms with van der Waals surface area (Å²) in [6.07, 6.45) is 2.13. The number of hydrogen-bond donors (Lipinski definition) is 1. The molecular weight excluding hydrogens is 246 g/mol. The molecule has 5 nitrogen and oxygen atoms in total. The van der Waals surface area contributed by atoms with Crippen LogP contribution in [-0.4, -0.2) is 47.7 Å². The number of amides is 1. The molecule has 110 valence electrons. The van der Waals surface area contributed by atoms with E-state index in [4.69, 9.17) is 9.84 Å². The molecule has 1 saturated heterocycles. The molecule has 0 saturated carbocycles. The molecule has 1 aliphatic rings. The summed E-state index contributed by atoms with van der Waals surface area (Å²) in [6.45, 7) is 7.31. The zero-order valence-corrected chi connectivity index (χ0v) is 12.1. The fraction of sp³-hybridized carbons (Fsp3) is 0.857. The lowest BCUT2D eigenvalue weighted by atomic mass is 9.90. The monoisotopic (exact) mass is 271 g/mol. The number of aliphatic carboxylic acids is 1. The first-order valence-electron chi connectivity index (χ1n) is 7.08. The van der Waals surface area contributed by atoms with Crippen LogP contribution in [0.15, 0.2) is 0 Å². The van der Waals surface area contributed by atoms with Gasteiger partial charge >= 0.3 is 5.97 Å². The van der Waals surface area contributed by atoms with Gasteiger partial charge in [-0.25, -0.2) is 0 Å². The van der Waals surface area contributed by atoms with Crippen molar-refractivity contribution in [3.05, 3.63) is 0 Å². The molecule has 5 heteroatoms. The number of carboxylic acid groups (broad SMARTS) is 1. The van der Waals surface area contributed by atoms with Gasteiger partial charge in [-0.3, -0.25) is 9.59 Å². The molecule has 1 rings (SSSR count). The molecule has 0 bridgehead atoms. The van der Waals surface area contributed by atoms with E-state index in [2.05, 4.69) is 6.92 Å². The number of likely N-dealkylation sites (tertiary alicyclic amines) is 1. The van der Waals surface area contributed by atoms with Crippen molar-refractivity contribution in [3.63, 3.8) is 0 Å². The Morgan fingerprint density at radius 1 is 1.42 bits per heavy atom. The Balaban J connectivity index is 2.52. The number of piperidine rings is 1. The van der Waals surface area contributed by atoms with Crippen LogP contribution in [0.2, 0.25) is 0 Å². The Labute approximate surface area is 114 Å². The maximum atomic E-state index is 12.2. The Morgan fingerprint density at radius 2 is 2.11 bits per heavy atom. The van der Waals surface area contributed by atoms with Gasteiger partial charge in [0.2, 0.25) is 0 Å². The van der Waals surface area contributed by atoms with Crippen LogP contribution < -0.4 is 0 Å². The maximum absolute atomic E-state index is 12.2. The SMILES string of the molecule is CCCCOC(C)C(=O)N1CC(C)CC(C(=O)O)C1. The average Bonchev–Trinajstić information content (AvgIpc) is 2.37. The third kappa shape index (κ3) is 4.82. The molecule has 19 heavy (non-hydrogen) atoms. The molecule has 3 unspecified atom stereocenters. The van der Waals surface area contributed by atoms with Crippen molar-refractivity contribution in [2.75, 3.05) is 19.7 Å². The Morgan fingerprint density at radius 3 is 2.68 bits per heavy atom. The van der Waals surface area contributed by atoms with Gasteiger partial charge in [0.05, 0.1) is 5.92 Å². The molecule has 0 spiro atoms. The fourth-order valence-corrected chi connectivity index (χ4v) is 2.44. The van der Waals surface area contributed by atoms with E-state index >= 15 is 0 Å². The number of nitrogens with zero attached hydrogens (tertiary/aromatic N) is 1. The first-order chi connectivity index (χ1) is 8.95. The topological polar surface area (TPSA) is 66.8 Å². The smallest absolute Gasteiger partial charge is 0.308 e. The van der Waals surface area contributed by atoms with Gasteiger partial charge in [-0.2, -0.15) is 0 Å². The van der Waals surface area contributed by atoms with Crippen LogP contribution in [0.25, 0.3) is 0 Å². The second-order valence-electron chi connectivity index (χ2n) is 5.49. The van der Waals surface area contributed by atoms with Gasteiger partial charge < -0.3 is 14.7 Å². The number of ether oxygens (including phenoxy) is 1. The highest BCUT2D eigenvalue weighted by Crippen LogP contribution is 2.22. The number of rotatable bonds is 6. The number of carbonyl (C=O) groups excluding carboxylic acids is 1. The third-order valence-electron chi connectivity index (χ3n) is 3.53. The van der Waals surface area contributed by atoms with Crippen LogP contribution in [0, 0.1) is 11.8 Å². The van der Waals surface area contributed by atoms with Gasteiger partial charge in [0.15, 0.2) is 0 Å². The van der Waals surface area contributed by atoms with E-state index in [1.54, 1.807) is 11.8 Å². The van der Waals surface area contributed by atoms with Crippen LogP contribution in [-0.2, 0) is 14.3 Å². The van der Waals surface area contributed by atoms with Gasteiger partial charge in [-0.1, -0.05) is 20.3 Å². The summed E-state index contributed by atoms with van der Waals surface area (Å²) < 4.78 is 5.49. The van der Waals surface area contributed by atoms with Crippen molar-refractivity contribution in [2.24, 2.45) is 11.8 Å². The zero-order valence-electron chi connectivity index (χ0n) is 12.1. The van der Waals surface area contributed by atoms with E-state index in [0.717, 1.165) is 12.8 Å². The van der Waals surface area contributed by atoms with E-state index in [1.807, 2.05) is 6.92 Å². The average molecular weight is 271 g/mol. The normalized spacial score (nSPS) is 25.1. The predicted octanol–water partition coefficient (Wildman–Crippen LogP) is 1.76. The van der Waals surface area contributed by atoms with Crippen LogP contribution in [0.5, 0.6) is 0 Å². The van der Waals surface area contributed by atoms with Gasteiger partial charge in [0.25, 0.3) is 5.91 Å². The molecule has 0 radical (unpaired) electrons. The van der Waals surface area contributed by atoms with Crippen LogP contribution in [0.1, 0.15) is 40.0 Å². The highest BCUT2D eigenvalue weighted by molar-refractivity contribution is 5.81. The van der Waals surface area contributed by atoms with E-state index in [-0.39, 0.29) is 11.8 Å². The summed E-state index contributed by atoms with van der Waals surface area (Å²) in [7, 11) is 0. The third-order valence-corrected chi connectivity index (χ3v) is 3.53. The van der Waals surface area contributed by atoms with Gasteiger partial charge in [0, 0.05) is 19.7 Å². The molecule has 0 aromatic heterocycles. The predicted molar refractivity (Wildman–Crippen MR) is 71.8 cm³/mol. The van der Waals surface area contributed by atoms with Crippen molar-refractivity contribution in [3.8, 4) is 0 Å². The largest absolute Gasteiger partial charge is 0.481 e. The number of carbonyl (C=O) groups is 2. The summed E-state index contributed by atoms with van der Waals surface area (Å²) in [5.74, 6) is -1.13. The van der Waals surface area contributed by atoms with Crippen molar-refractivity contribution in [2.45, 2.75) is 46.1 Å². The molecule has 0 aliphatic carbocycles. The molecule has 1 fully saturated rings. The van der Waals surface area contributed by atoms with E-state index in [1.165, 1.54) is 0 Å². The standard InChI is InChI=1S/C14H25NO4/c1-4-5-6-19-11(3)13(16)15-8-10(2)7-12(9-15)14(17)18/h10-12H,4-9H2,1-3H3,(H,17,18). The highest BCUT2D eigenvalue weighted by Gasteiger charge is 2.33. The van der Waals surface area contributed by atoms with Gasteiger partial charge in [-0.15, -0.1) is 0 Å². The number of unbranched alkanes of at least 4 members (excludes halogenated alkanes) is 1. The second kappa shape index (κ2) is 7.48. The Bertz CT molecular complexity index is 319. The van der Waals surface area contributed by atoms with Crippen molar-refractivity contribution in [1.29, 1.82) is 0 Å². The highest BCUT2D eigenvalue weighted by atomic mass is 16.5. The first-order valence-corrected chi connectivity index (χ1v) is 7.08. The summed E-state index contributed by atoms with van der Waals surface area (Å²) in [5, 5.41) is 9.10. The van der Waals surface area contributed by atoms with E-state index in [9.17, 15) is 9.59 Å². The Kier molecular flexibility index (Phi) is 6.28.